The lowest BCUT2D eigenvalue weighted by Crippen LogP contribution is -2.30. The normalized spacial score (nSPS) is 14.4. The number of phosphoric ester groups is 2. The second-order valence-electron chi connectivity index (χ2n) is 31.4. The zero-order valence-corrected chi connectivity index (χ0v) is 76.1. The van der Waals surface area contributed by atoms with Gasteiger partial charge in [-0.05, 0) is 148 Å². The summed E-state index contributed by atoms with van der Waals surface area (Å²) >= 11 is 0. The van der Waals surface area contributed by atoms with Crippen molar-refractivity contribution >= 4 is 33.6 Å². The minimum atomic E-state index is -4.95. The SMILES string of the molecule is CC/C=C\C/C=C\C/C=C\C/C=C\CCCCCCCCC(=O)OC(COC(=O)CCCCCCCCCCCCCCC/C=C\C/C=C\C/C=C\C/C=C\CCCCC)COP(=O)(O)OCC(O)COP(=O)(O)OCC(O)COC(=O)CCCCCCCCCCCCCCCCCCC/C=C\C/C=C\C/C=C\C/C=C\CCCCC. The van der Waals surface area contributed by atoms with Crippen molar-refractivity contribution in [2.75, 3.05) is 39.6 Å². The van der Waals surface area contributed by atoms with E-state index in [1.54, 1.807) is 0 Å². The molecule has 0 fully saturated rings. The number of hydrogen-bond donors (Lipinski definition) is 4. The molecule has 0 saturated heterocycles. The van der Waals surface area contributed by atoms with Gasteiger partial charge in [-0.15, -0.1) is 0 Å². The zero-order chi connectivity index (χ0) is 85.1. The smallest absolute Gasteiger partial charge is 0.463 e. The average Bonchev–Trinajstić information content (AvgIpc) is 0.898. The Bertz CT molecular complexity index is 2710. The molecule has 0 aromatic rings. The Labute approximate surface area is 715 Å². The second-order valence-corrected chi connectivity index (χ2v) is 34.3. The van der Waals surface area contributed by atoms with Crippen molar-refractivity contribution in [3.63, 3.8) is 0 Å². The average molecular weight is 1680 g/mol. The van der Waals surface area contributed by atoms with E-state index in [0.717, 1.165) is 154 Å². The zero-order valence-electron chi connectivity index (χ0n) is 74.3. The number of hydrogen-bond acceptors (Lipinski definition) is 14. The molecule has 5 atom stereocenters. The van der Waals surface area contributed by atoms with Crippen molar-refractivity contribution in [3.8, 4) is 0 Å². The molecule has 0 aromatic heterocycles. The van der Waals surface area contributed by atoms with E-state index in [1.165, 1.54) is 193 Å². The summed E-state index contributed by atoms with van der Waals surface area (Å²) < 4.78 is 61.5. The van der Waals surface area contributed by atoms with Crippen molar-refractivity contribution in [2.45, 2.75) is 424 Å². The first-order valence-electron chi connectivity index (χ1n) is 47.1. The van der Waals surface area contributed by atoms with Crippen LogP contribution in [0.1, 0.15) is 406 Å². The predicted octanol–water partition coefficient (Wildman–Crippen LogP) is 29.1. The molecule has 0 amide bonds. The van der Waals surface area contributed by atoms with Gasteiger partial charge in [0, 0.05) is 19.3 Å². The molecular formula is C99H172O16P2. The Kier molecular flexibility index (Phi) is 87.1. The highest BCUT2D eigenvalue weighted by Crippen LogP contribution is 2.45. The first kappa shape index (κ1) is 112. The summed E-state index contributed by atoms with van der Waals surface area (Å²) in [6.07, 6.45) is 115. The molecule has 0 aliphatic rings. The molecule has 117 heavy (non-hydrogen) atoms. The number of aliphatic hydroxyl groups is 2. The molecule has 674 valence electrons. The van der Waals surface area contributed by atoms with Crippen molar-refractivity contribution < 1.29 is 75.8 Å². The number of unbranched alkanes of at least 4 members (excludes halogenated alkanes) is 42. The molecule has 0 spiro atoms. The number of rotatable bonds is 89. The van der Waals surface area contributed by atoms with Crippen LogP contribution in [0.4, 0.5) is 0 Å². The van der Waals surface area contributed by atoms with Crippen molar-refractivity contribution in [3.05, 3.63) is 146 Å². The first-order valence-corrected chi connectivity index (χ1v) is 50.1. The molecule has 0 bridgehead atoms. The Hall–Kier alpha value is -4.57. The summed E-state index contributed by atoms with van der Waals surface area (Å²) in [5.41, 5.74) is 0. The van der Waals surface area contributed by atoms with Crippen LogP contribution in [0, 0.1) is 0 Å². The van der Waals surface area contributed by atoms with E-state index in [4.69, 9.17) is 32.3 Å². The molecule has 0 heterocycles. The van der Waals surface area contributed by atoms with Crippen LogP contribution in [0.5, 0.6) is 0 Å². The molecule has 0 saturated carbocycles. The number of esters is 3. The van der Waals surface area contributed by atoms with E-state index < -0.39 is 91.5 Å². The molecule has 0 aliphatic heterocycles. The fourth-order valence-electron chi connectivity index (χ4n) is 12.9. The van der Waals surface area contributed by atoms with Crippen molar-refractivity contribution in [1.29, 1.82) is 0 Å². The highest BCUT2D eigenvalue weighted by atomic mass is 31.2. The van der Waals surface area contributed by atoms with Crippen LogP contribution in [-0.4, -0.2) is 95.9 Å². The molecule has 0 aromatic carbocycles. The predicted molar refractivity (Wildman–Crippen MR) is 491 cm³/mol. The van der Waals surface area contributed by atoms with E-state index >= 15 is 0 Å². The van der Waals surface area contributed by atoms with E-state index in [2.05, 4.69) is 167 Å². The van der Waals surface area contributed by atoms with Gasteiger partial charge in [-0.3, -0.25) is 32.5 Å². The minimum absolute atomic E-state index is 0.0860. The molecule has 0 rings (SSSR count). The van der Waals surface area contributed by atoms with Crippen LogP contribution in [0.2, 0.25) is 0 Å². The van der Waals surface area contributed by atoms with Gasteiger partial charge in [0.1, 0.15) is 25.4 Å². The van der Waals surface area contributed by atoms with Gasteiger partial charge in [0.2, 0.25) is 0 Å². The Morgan fingerprint density at radius 3 is 0.718 bits per heavy atom. The molecular weight excluding hydrogens is 1510 g/mol. The number of aliphatic hydroxyl groups excluding tert-OH is 2. The number of ether oxygens (including phenoxy) is 3. The minimum Gasteiger partial charge on any atom is -0.463 e. The molecule has 5 unspecified atom stereocenters. The number of allylic oxidation sites excluding steroid dienone is 24. The van der Waals surface area contributed by atoms with E-state index in [1.807, 2.05) is 0 Å². The van der Waals surface area contributed by atoms with Gasteiger partial charge in [-0.1, -0.05) is 385 Å². The molecule has 0 aliphatic carbocycles. The topological polar surface area (TPSA) is 231 Å². The molecule has 16 nitrogen and oxygen atoms in total. The van der Waals surface area contributed by atoms with E-state index in [9.17, 15) is 43.5 Å². The van der Waals surface area contributed by atoms with E-state index in [0.29, 0.717) is 19.3 Å². The summed E-state index contributed by atoms with van der Waals surface area (Å²) in [6, 6.07) is 0. The third-order valence-corrected chi connectivity index (χ3v) is 21.9. The number of carbonyl (C=O) groups excluding carboxylic acids is 3. The third kappa shape index (κ3) is 92.0. The van der Waals surface area contributed by atoms with Crippen LogP contribution in [0.25, 0.3) is 0 Å². The monoisotopic (exact) mass is 1680 g/mol. The fourth-order valence-corrected chi connectivity index (χ4v) is 14.5. The van der Waals surface area contributed by atoms with Crippen LogP contribution in [0.3, 0.4) is 0 Å². The van der Waals surface area contributed by atoms with Crippen LogP contribution in [0.15, 0.2) is 146 Å². The quantitative estimate of drug-likeness (QED) is 0.0146. The number of phosphoric acid groups is 2. The lowest BCUT2D eigenvalue weighted by molar-refractivity contribution is -0.161. The van der Waals surface area contributed by atoms with Crippen LogP contribution in [-0.2, 0) is 55.8 Å². The number of carbonyl (C=O) groups is 3. The lowest BCUT2D eigenvalue weighted by Gasteiger charge is -2.21. The highest BCUT2D eigenvalue weighted by Gasteiger charge is 2.30. The maximum Gasteiger partial charge on any atom is 0.472 e. The molecule has 0 radical (unpaired) electrons. The van der Waals surface area contributed by atoms with Gasteiger partial charge in [0.05, 0.1) is 26.4 Å². The third-order valence-electron chi connectivity index (χ3n) is 20.0. The lowest BCUT2D eigenvalue weighted by atomic mass is 10.0. The van der Waals surface area contributed by atoms with Crippen LogP contribution < -0.4 is 0 Å². The maximum atomic E-state index is 13.1. The van der Waals surface area contributed by atoms with Gasteiger partial charge < -0.3 is 34.2 Å². The summed E-state index contributed by atoms with van der Waals surface area (Å²) in [4.78, 5) is 59.0. The van der Waals surface area contributed by atoms with E-state index in [-0.39, 0.29) is 19.3 Å². The van der Waals surface area contributed by atoms with Gasteiger partial charge in [0.25, 0.3) is 0 Å². The van der Waals surface area contributed by atoms with Gasteiger partial charge in [-0.2, -0.15) is 0 Å². The summed E-state index contributed by atoms with van der Waals surface area (Å²) in [6.45, 7) is 2.55. The highest BCUT2D eigenvalue weighted by molar-refractivity contribution is 7.47. The second kappa shape index (κ2) is 90.7. The Morgan fingerprint density at radius 2 is 0.453 bits per heavy atom. The standard InChI is InChI=1S/C99H172O16P2/c1-4-7-10-13-16-19-22-25-28-31-34-36-38-40-42-44-45-46-47-49-51-52-54-56-59-61-64-67-70-73-76-79-82-85-97(102)109-88-94(100)89-111-116(105,106)112-90-95(101)91-113-117(107,108)114-93-96(115-99(104)87-84-81-78-75-72-69-66-63-58-33-30-27-24-21-18-15-12-9-6-3)92-110-98(103)86-83-80-77-74-71-68-65-62-60-57-55-53-50-48-43-41-39-37-35-32-29-26-23-20-17-14-11-8-5-2/h9,12,16-21,25-30,34-37,40-43,58,63,94-96,100-101H,4-8,10-11,13-15,22-24,31-33,38-39,44-57,59-62,64-93H2,1-3H3,(H,105,106)(H,107,108)/b12-9-,19-16-,20-17-,21-18-,28-25-,29-26-,30-27-,36-34-,37-35-,42-40-,43-41-,63-58-. The summed E-state index contributed by atoms with van der Waals surface area (Å²) in [5.74, 6) is -1.58. The van der Waals surface area contributed by atoms with Gasteiger partial charge in [0.15, 0.2) is 6.10 Å². The summed E-state index contributed by atoms with van der Waals surface area (Å²) in [7, 11) is -9.81. The fraction of sp³-hybridized carbons (Fsp3) is 0.727. The van der Waals surface area contributed by atoms with Crippen LogP contribution >= 0.6 is 15.6 Å². The van der Waals surface area contributed by atoms with Crippen molar-refractivity contribution in [2.24, 2.45) is 0 Å². The van der Waals surface area contributed by atoms with Gasteiger partial charge >= 0.3 is 33.6 Å². The molecule has 4 N–H and O–H groups in total. The largest absolute Gasteiger partial charge is 0.472 e. The molecule has 18 heteroatoms. The Morgan fingerprint density at radius 1 is 0.248 bits per heavy atom. The van der Waals surface area contributed by atoms with Gasteiger partial charge in [-0.25, -0.2) is 9.13 Å². The first-order chi connectivity index (χ1) is 57.2. The Balaban J connectivity index is 4.53. The van der Waals surface area contributed by atoms with Crippen molar-refractivity contribution in [1.82, 2.24) is 0 Å². The maximum absolute atomic E-state index is 13.1. The summed E-state index contributed by atoms with van der Waals surface area (Å²) in [5, 5.41) is 20.7.